The van der Waals surface area contributed by atoms with Crippen LogP contribution in [0.3, 0.4) is 0 Å². The van der Waals surface area contributed by atoms with Gasteiger partial charge in [-0.15, -0.1) is 0 Å². The highest BCUT2D eigenvalue weighted by Crippen LogP contribution is 2.60. The van der Waals surface area contributed by atoms with Crippen molar-refractivity contribution < 1.29 is 9.72 Å². The van der Waals surface area contributed by atoms with Crippen LogP contribution >= 0.6 is 0 Å². The van der Waals surface area contributed by atoms with Crippen LogP contribution in [0.4, 0.5) is 11.4 Å². The number of anilines is 1. The summed E-state index contributed by atoms with van der Waals surface area (Å²) in [6, 6.07) is 6.81. The summed E-state index contributed by atoms with van der Waals surface area (Å²) >= 11 is 0. The first-order valence-electron chi connectivity index (χ1n) is 9.15. The highest BCUT2D eigenvalue weighted by molar-refractivity contribution is 5.84. The molecular formula is C20H27N3O3. The van der Waals surface area contributed by atoms with E-state index in [1.54, 1.807) is 12.1 Å². The summed E-state index contributed by atoms with van der Waals surface area (Å²) in [4.78, 5) is 27.8. The Morgan fingerprint density at radius 3 is 2.38 bits per heavy atom. The third kappa shape index (κ3) is 3.32. The second-order valence-electron chi connectivity index (χ2n) is 8.13. The molecule has 6 nitrogen and oxygen atoms in total. The molecule has 3 rings (SSSR count). The number of hydrogen-bond acceptors (Lipinski definition) is 4. The lowest BCUT2D eigenvalue weighted by Crippen LogP contribution is -2.49. The average Bonchev–Trinajstić information content (AvgIpc) is 3.13. The predicted molar refractivity (Wildman–Crippen MR) is 102 cm³/mol. The fraction of sp³-hybridized carbons (Fsp3) is 0.550. The van der Waals surface area contributed by atoms with Crippen LogP contribution in [0, 0.1) is 27.4 Å². The summed E-state index contributed by atoms with van der Waals surface area (Å²) in [6.07, 6.45) is 2.21. The molecular weight excluding hydrogens is 330 g/mol. The third-order valence-corrected chi connectivity index (χ3v) is 5.70. The Morgan fingerprint density at radius 2 is 1.81 bits per heavy atom. The fourth-order valence-corrected chi connectivity index (χ4v) is 4.07. The van der Waals surface area contributed by atoms with Crippen molar-refractivity contribution in [3.63, 3.8) is 0 Å². The molecule has 0 N–H and O–H groups in total. The molecule has 1 aliphatic carbocycles. The zero-order valence-electron chi connectivity index (χ0n) is 15.9. The molecule has 1 heterocycles. The first-order chi connectivity index (χ1) is 12.2. The van der Waals surface area contributed by atoms with Crippen molar-refractivity contribution in [3.8, 4) is 0 Å². The van der Waals surface area contributed by atoms with E-state index >= 15 is 0 Å². The topological polar surface area (TPSA) is 66.7 Å². The monoisotopic (exact) mass is 357 g/mol. The van der Waals surface area contributed by atoms with Gasteiger partial charge in [-0.25, -0.2) is 0 Å². The van der Waals surface area contributed by atoms with Crippen molar-refractivity contribution in [2.45, 2.75) is 27.7 Å². The number of benzene rings is 1. The Hall–Kier alpha value is -2.37. The van der Waals surface area contributed by atoms with Crippen LogP contribution in [0.2, 0.25) is 0 Å². The average molecular weight is 357 g/mol. The van der Waals surface area contributed by atoms with Gasteiger partial charge < -0.3 is 9.80 Å². The van der Waals surface area contributed by atoms with Crippen molar-refractivity contribution in [2.75, 3.05) is 31.1 Å². The molecule has 0 spiro atoms. The van der Waals surface area contributed by atoms with Crippen LogP contribution in [0.5, 0.6) is 0 Å². The summed E-state index contributed by atoms with van der Waals surface area (Å²) in [6.45, 7) is 10.9. The number of allylic oxidation sites excluding steroid dienone is 2. The number of para-hydroxylation sites is 2. The molecule has 1 amide bonds. The van der Waals surface area contributed by atoms with Crippen molar-refractivity contribution in [1.82, 2.24) is 4.90 Å². The Kier molecular flexibility index (Phi) is 4.78. The highest BCUT2D eigenvalue weighted by Gasteiger charge is 2.61. The molecule has 140 valence electrons. The van der Waals surface area contributed by atoms with Crippen molar-refractivity contribution in [1.29, 1.82) is 0 Å². The van der Waals surface area contributed by atoms with Gasteiger partial charge in [0, 0.05) is 32.2 Å². The molecule has 0 aromatic heterocycles. The zero-order valence-corrected chi connectivity index (χ0v) is 15.9. The SMILES string of the molecule is CC(C)=CC1C(C(=O)N2CCN(c3ccccc3[N+](=O)[O-])CC2)C1(C)C. The van der Waals surface area contributed by atoms with Crippen molar-refractivity contribution in [2.24, 2.45) is 17.3 Å². The molecule has 1 aromatic rings. The number of nitro benzene ring substituents is 1. The number of nitrogens with zero attached hydrogens (tertiary/aromatic N) is 3. The van der Waals surface area contributed by atoms with E-state index < -0.39 is 0 Å². The smallest absolute Gasteiger partial charge is 0.292 e. The number of carbonyl (C=O) groups excluding carboxylic acids is 1. The van der Waals surface area contributed by atoms with Crippen LogP contribution in [0.25, 0.3) is 0 Å². The standard InChI is InChI=1S/C20H27N3O3/c1-14(2)13-15-18(20(15,3)4)19(24)22-11-9-21(10-12-22)16-7-5-6-8-17(16)23(25)26/h5-8,13,15,18H,9-12H2,1-4H3. The van der Waals surface area contributed by atoms with E-state index in [0.717, 1.165) is 0 Å². The molecule has 6 heteroatoms. The normalized spacial score (nSPS) is 24.2. The molecule has 26 heavy (non-hydrogen) atoms. The van der Waals surface area contributed by atoms with Crippen LogP contribution < -0.4 is 4.90 Å². The molecule has 1 aliphatic heterocycles. The largest absolute Gasteiger partial charge is 0.362 e. The summed E-state index contributed by atoms with van der Waals surface area (Å²) in [5, 5.41) is 11.2. The Bertz CT molecular complexity index is 744. The number of carbonyl (C=O) groups is 1. The summed E-state index contributed by atoms with van der Waals surface area (Å²) < 4.78 is 0. The van der Waals surface area contributed by atoms with Gasteiger partial charge in [-0.3, -0.25) is 14.9 Å². The maximum Gasteiger partial charge on any atom is 0.292 e. The zero-order chi connectivity index (χ0) is 19.1. The predicted octanol–water partition coefficient (Wildman–Crippen LogP) is 3.48. The molecule has 1 aromatic carbocycles. The van der Waals surface area contributed by atoms with Crippen LogP contribution in [-0.2, 0) is 4.79 Å². The van der Waals surface area contributed by atoms with Gasteiger partial charge >= 0.3 is 0 Å². The molecule has 2 fully saturated rings. The quantitative estimate of drug-likeness (QED) is 0.470. The molecule has 1 saturated carbocycles. The molecule has 2 atom stereocenters. The lowest BCUT2D eigenvalue weighted by atomic mass is 10.1. The minimum atomic E-state index is -0.344. The first kappa shape index (κ1) is 18.4. The van der Waals surface area contributed by atoms with E-state index in [1.165, 1.54) is 11.6 Å². The number of piperazine rings is 1. The van der Waals surface area contributed by atoms with Gasteiger partial charge in [-0.05, 0) is 31.2 Å². The second-order valence-corrected chi connectivity index (χ2v) is 8.13. The van der Waals surface area contributed by atoms with E-state index in [-0.39, 0.29) is 27.9 Å². The van der Waals surface area contributed by atoms with E-state index in [9.17, 15) is 14.9 Å². The molecule has 2 aliphatic rings. The van der Waals surface area contributed by atoms with E-state index in [1.807, 2.05) is 15.9 Å². The van der Waals surface area contributed by atoms with Gasteiger partial charge in [0.1, 0.15) is 5.69 Å². The number of nitro groups is 1. The van der Waals surface area contributed by atoms with E-state index in [0.29, 0.717) is 37.8 Å². The number of rotatable bonds is 4. The first-order valence-corrected chi connectivity index (χ1v) is 9.15. The Balaban J connectivity index is 1.66. The fourth-order valence-electron chi connectivity index (χ4n) is 4.07. The number of amides is 1. The highest BCUT2D eigenvalue weighted by atomic mass is 16.6. The second kappa shape index (κ2) is 6.74. The maximum absolute atomic E-state index is 13.0. The Morgan fingerprint density at radius 1 is 1.19 bits per heavy atom. The summed E-state index contributed by atoms with van der Waals surface area (Å²) in [5.74, 6) is 0.586. The molecule has 2 unspecified atom stereocenters. The van der Waals surface area contributed by atoms with Gasteiger partial charge in [-0.2, -0.15) is 0 Å². The molecule has 0 radical (unpaired) electrons. The maximum atomic E-state index is 13.0. The Labute approximate surface area is 154 Å². The van der Waals surface area contributed by atoms with Crippen LogP contribution in [0.15, 0.2) is 35.9 Å². The van der Waals surface area contributed by atoms with E-state index in [2.05, 4.69) is 33.8 Å². The third-order valence-electron chi connectivity index (χ3n) is 5.70. The number of hydrogen-bond donors (Lipinski definition) is 0. The summed E-state index contributed by atoms with van der Waals surface area (Å²) in [5.41, 5.74) is 2.03. The molecule has 0 bridgehead atoms. The van der Waals surface area contributed by atoms with E-state index in [4.69, 9.17) is 0 Å². The van der Waals surface area contributed by atoms with Crippen LogP contribution in [-0.4, -0.2) is 41.9 Å². The minimum absolute atomic E-state index is 0.0176. The minimum Gasteiger partial charge on any atom is -0.362 e. The lowest BCUT2D eigenvalue weighted by molar-refractivity contribution is -0.384. The van der Waals surface area contributed by atoms with Gasteiger partial charge in [0.25, 0.3) is 5.69 Å². The van der Waals surface area contributed by atoms with Gasteiger partial charge in [0.2, 0.25) is 5.91 Å². The van der Waals surface area contributed by atoms with Crippen LogP contribution in [0.1, 0.15) is 27.7 Å². The molecule has 1 saturated heterocycles. The summed E-state index contributed by atoms with van der Waals surface area (Å²) in [7, 11) is 0. The lowest BCUT2D eigenvalue weighted by Gasteiger charge is -2.36. The van der Waals surface area contributed by atoms with Crippen molar-refractivity contribution in [3.05, 3.63) is 46.0 Å². The van der Waals surface area contributed by atoms with Gasteiger partial charge in [0.05, 0.1) is 10.8 Å². The van der Waals surface area contributed by atoms with Gasteiger partial charge in [-0.1, -0.05) is 37.6 Å². The van der Waals surface area contributed by atoms with Gasteiger partial charge in [0.15, 0.2) is 0 Å². The van der Waals surface area contributed by atoms with Crippen molar-refractivity contribution >= 4 is 17.3 Å².